The summed E-state index contributed by atoms with van der Waals surface area (Å²) in [6.45, 7) is 5.00. The van der Waals surface area contributed by atoms with Crippen LogP contribution < -0.4 is 5.32 Å². The third-order valence-electron chi connectivity index (χ3n) is 5.45. The van der Waals surface area contributed by atoms with E-state index in [-0.39, 0.29) is 11.7 Å². The fourth-order valence-corrected chi connectivity index (χ4v) is 3.80. The SMILES string of the molecule is CCc1ccc([C@H](CNc2oc(-c3cccnc3)nc2C#N)N2CCCC2)cc1. The molecule has 1 aromatic carbocycles. The molecule has 3 aromatic rings. The molecule has 148 valence electrons. The summed E-state index contributed by atoms with van der Waals surface area (Å²) in [4.78, 5) is 10.9. The van der Waals surface area contributed by atoms with Crippen LogP contribution in [0.4, 0.5) is 5.88 Å². The first-order chi connectivity index (χ1) is 14.3. The number of anilines is 1. The maximum atomic E-state index is 9.49. The maximum Gasteiger partial charge on any atom is 0.232 e. The van der Waals surface area contributed by atoms with E-state index in [0.29, 0.717) is 18.3 Å². The number of nitriles is 1. The van der Waals surface area contributed by atoms with Crippen molar-refractivity contribution < 1.29 is 4.42 Å². The number of hydrogen-bond donors (Lipinski definition) is 1. The van der Waals surface area contributed by atoms with Crippen LogP contribution in [-0.4, -0.2) is 34.5 Å². The minimum Gasteiger partial charge on any atom is -0.419 e. The van der Waals surface area contributed by atoms with Gasteiger partial charge in [-0.2, -0.15) is 10.2 Å². The van der Waals surface area contributed by atoms with Crippen LogP contribution in [0.15, 0.2) is 53.2 Å². The van der Waals surface area contributed by atoms with Crippen LogP contribution in [0.2, 0.25) is 0 Å². The molecule has 1 aliphatic rings. The van der Waals surface area contributed by atoms with Crippen molar-refractivity contribution in [1.82, 2.24) is 14.9 Å². The Morgan fingerprint density at radius 2 is 2.00 bits per heavy atom. The summed E-state index contributed by atoms with van der Waals surface area (Å²) in [6.07, 6.45) is 6.86. The number of nitrogens with zero attached hydrogens (tertiary/aromatic N) is 4. The van der Waals surface area contributed by atoms with Crippen LogP contribution in [0.1, 0.15) is 42.6 Å². The highest BCUT2D eigenvalue weighted by Crippen LogP contribution is 2.29. The van der Waals surface area contributed by atoms with Gasteiger partial charge in [-0.3, -0.25) is 9.88 Å². The molecule has 0 amide bonds. The second-order valence-electron chi connectivity index (χ2n) is 7.29. The van der Waals surface area contributed by atoms with E-state index >= 15 is 0 Å². The molecule has 6 nitrogen and oxygen atoms in total. The zero-order valence-electron chi connectivity index (χ0n) is 16.6. The average molecular weight is 387 g/mol. The largest absolute Gasteiger partial charge is 0.419 e. The highest BCUT2D eigenvalue weighted by atomic mass is 16.4. The van der Waals surface area contributed by atoms with E-state index in [1.165, 1.54) is 24.0 Å². The minimum absolute atomic E-state index is 0.224. The van der Waals surface area contributed by atoms with Gasteiger partial charge in [0.05, 0.1) is 11.6 Å². The van der Waals surface area contributed by atoms with E-state index < -0.39 is 0 Å². The molecule has 29 heavy (non-hydrogen) atoms. The van der Waals surface area contributed by atoms with E-state index in [9.17, 15) is 5.26 Å². The lowest BCUT2D eigenvalue weighted by Crippen LogP contribution is -2.31. The molecule has 0 unspecified atom stereocenters. The Bertz CT molecular complexity index is 969. The number of benzene rings is 1. The summed E-state index contributed by atoms with van der Waals surface area (Å²) >= 11 is 0. The van der Waals surface area contributed by atoms with Crippen LogP contribution in [0, 0.1) is 11.3 Å². The molecule has 0 radical (unpaired) electrons. The molecule has 0 aliphatic carbocycles. The van der Waals surface area contributed by atoms with E-state index in [2.05, 4.69) is 57.4 Å². The zero-order chi connectivity index (χ0) is 20.1. The monoisotopic (exact) mass is 387 g/mol. The standard InChI is InChI=1S/C23H25N5O/c1-2-17-7-9-18(10-8-17)21(28-12-3-4-13-28)16-26-23-20(14-24)27-22(29-23)19-6-5-11-25-15-19/h5-11,15,21,26H,2-4,12-13,16H2,1H3/t21-/m0/s1. The van der Waals surface area contributed by atoms with Gasteiger partial charge < -0.3 is 9.73 Å². The molecule has 1 N–H and O–H groups in total. The van der Waals surface area contributed by atoms with Gasteiger partial charge in [0.15, 0.2) is 0 Å². The van der Waals surface area contributed by atoms with Crippen molar-refractivity contribution in [1.29, 1.82) is 5.26 Å². The van der Waals surface area contributed by atoms with Crippen molar-refractivity contribution in [3.05, 3.63) is 65.6 Å². The first-order valence-corrected chi connectivity index (χ1v) is 10.2. The lowest BCUT2D eigenvalue weighted by molar-refractivity contribution is 0.255. The number of rotatable bonds is 7. The zero-order valence-corrected chi connectivity index (χ0v) is 16.6. The number of aryl methyl sites for hydroxylation is 1. The van der Waals surface area contributed by atoms with Gasteiger partial charge in [0, 0.05) is 18.9 Å². The Labute approximate surface area is 171 Å². The minimum atomic E-state index is 0.224. The average Bonchev–Trinajstić information content (AvgIpc) is 3.45. The fraction of sp³-hybridized carbons (Fsp3) is 0.348. The Kier molecular flexibility index (Phi) is 5.87. The first kappa shape index (κ1) is 19.2. The van der Waals surface area contributed by atoms with Crippen LogP contribution in [0.25, 0.3) is 11.5 Å². The van der Waals surface area contributed by atoms with Gasteiger partial charge in [0.25, 0.3) is 0 Å². The molecule has 4 rings (SSSR count). The van der Waals surface area contributed by atoms with Crippen LogP contribution in [0.5, 0.6) is 0 Å². The second kappa shape index (κ2) is 8.89. The summed E-state index contributed by atoms with van der Waals surface area (Å²) in [5, 5.41) is 12.8. The smallest absolute Gasteiger partial charge is 0.232 e. The number of oxazole rings is 1. The lowest BCUT2D eigenvalue weighted by Gasteiger charge is -2.28. The topological polar surface area (TPSA) is 78.0 Å². The highest BCUT2D eigenvalue weighted by Gasteiger charge is 2.24. The van der Waals surface area contributed by atoms with E-state index in [1.54, 1.807) is 12.4 Å². The van der Waals surface area contributed by atoms with Crippen molar-refractivity contribution in [2.45, 2.75) is 32.2 Å². The third-order valence-corrected chi connectivity index (χ3v) is 5.45. The number of aromatic nitrogens is 2. The van der Waals surface area contributed by atoms with Crippen molar-refractivity contribution in [3.63, 3.8) is 0 Å². The summed E-state index contributed by atoms with van der Waals surface area (Å²) in [5.41, 5.74) is 3.64. The molecule has 1 fully saturated rings. The molecule has 6 heteroatoms. The first-order valence-electron chi connectivity index (χ1n) is 10.2. The van der Waals surface area contributed by atoms with E-state index in [4.69, 9.17) is 4.42 Å². The van der Waals surface area contributed by atoms with Crippen molar-refractivity contribution >= 4 is 5.88 Å². The van der Waals surface area contributed by atoms with Gasteiger partial charge in [0.2, 0.25) is 17.5 Å². The van der Waals surface area contributed by atoms with Crippen LogP contribution in [0.3, 0.4) is 0 Å². The molecular weight excluding hydrogens is 362 g/mol. The Balaban J connectivity index is 1.55. The molecule has 2 aromatic heterocycles. The summed E-state index contributed by atoms with van der Waals surface area (Å²) in [6, 6.07) is 14.9. The predicted molar refractivity (Wildman–Crippen MR) is 112 cm³/mol. The van der Waals surface area contributed by atoms with Gasteiger partial charge >= 0.3 is 0 Å². The van der Waals surface area contributed by atoms with Crippen LogP contribution >= 0.6 is 0 Å². The van der Waals surface area contributed by atoms with Gasteiger partial charge in [-0.25, -0.2) is 0 Å². The third kappa shape index (κ3) is 4.30. The summed E-state index contributed by atoms with van der Waals surface area (Å²) < 4.78 is 5.87. The molecule has 3 heterocycles. The van der Waals surface area contributed by atoms with Gasteiger partial charge in [-0.1, -0.05) is 31.2 Å². The summed E-state index contributed by atoms with van der Waals surface area (Å²) in [5.74, 6) is 0.822. The lowest BCUT2D eigenvalue weighted by atomic mass is 10.0. The molecule has 1 saturated heterocycles. The van der Waals surface area contributed by atoms with Crippen molar-refractivity contribution in [2.75, 3.05) is 25.0 Å². The molecule has 0 bridgehead atoms. The Morgan fingerprint density at radius 3 is 2.66 bits per heavy atom. The van der Waals surface area contributed by atoms with Gasteiger partial charge in [-0.15, -0.1) is 0 Å². The second-order valence-corrected chi connectivity index (χ2v) is 7.29. The maximum absolute atomic E-state index is 9.49. The summed E-state index contributed by atoms with van der Waals surface area (Å²) in [7, 11) is 0. The Morgan fingerprint density at radius 1 is 1.21 bits per heavy atom. The molecule has 0 spiro atoms. The van der Waals surface area contributed by atoms with Crippen LogP contribution in [-0.2, 0) is 6.42 Å². The molecular formula is C23H25N5O. The predicted octanol–water partition coefficient (Wildman–Crippen LogP) is 4.42. The highest BCUT2D eigenvalue weighted by molar-refractivity contribution is 5.57. The van der Waals surface area contributed by atoms with Gasteiger partial charge in [0.1, 0.15) is 6.07 Å². The Hall–Kier alpha value is -3.17. The van der Waals surface area contributed by atoms with Crippen molar-refractivity contribution in [3.8, 4) is 17.5 Å². The number of nitrogens with one attached hydrogen (secondary N) is 1. The molecule has 1 atom stereocenters. The number of hydrogen-bond acceptors (Lipinski definition) is 6. The van der Waals surface area contributed by atoms with Crippen molar-refractivity contribution in [2.24, 2.45) is 0 Å². The van der Waals surface area contributed by atoms with Gasteiger partial charge in [-0.05, 0) is 55.6 Å². The fourth-order valence-electron chi connectivity index (χ4n) is 3.80. The number of pyridine rings is 1. The quantitative estimate of drug-likeness (QED) is 0.647. The molecule has 1 aliphatic heterocycles. The van der Waals surface area contributed by atoms with E-state index in [0.717, 1.165) is 25.1 Å². The molecule has 0 saturated carbocycles. The van der Waals surface area contributed by atoms with E-state index in [1.807, 2.05) is 12.1 Å². The number of likely N-dealkylation sites (tertiary alicyclic amines) is 1. The normalized spacial score (nSPS) is 15.2.